The van der Waals surface area contributed by atoms with E-state index < -0.39 is 11.7 Å². The van der Waals surface area contributed by atoms with Crippen molar-refractivity contribution in [3.05, 3.63) is 65.5 Å². The van der Waals surface area contributed by atoms with Crippen LogP contribution in [0.1, 0.15) is 16.7 Å². The summed E-state index contributed by atoms with van der Waals surface area (Å²) in [4.78, 5) is 6.35. The van der Waals surface area contributed by atoms with E-state index in [1.807, 2.05) is 18.3 Å². The van der Waals surface area contributed by atoms with Gasteiger partial charge in [-0.15, -0.1) is 0 Å². The second-order valence-corrected chi connectivity index (χ2v) is 5.99. The Morgan fingerprint density at radius 2 is 2.00 bits per heavy atom. The van der Waals surface area contributed by atoms with E-state index in [-0.39, 0.29) is 6.10 Å². The number of alkyl halides is 3. The molecule has 0 radical (unpaired) electrons. The molecule has 2 heterocycles. The van der Waals surface area contributed by atoms with Crippen LogP contribution in [-0.2, 0) is 23.9 Å². The van der Waals surface area contributed by atoms with E-state index in [1.54, 1.807) is 12.3 Å². The molecule has 128 valence electrons. The van der Waals surface area contributed by atoms with Gasteiger partial charge in [-0.3, -0.25) is 9.88 Å². The highest BCUT2D eigenvalue weighted by atomic mass is 19.4. The fourth-order valence-corrected chi connectivity index (χ4v) is 2.93. The standard InChI is InChI=1S/C18H19F3N2O/c19-18(20,21)16-5-1-3-14(9-16)10-17-13-23(7-8-24-17)12-15-4-2-6-22-11-15/h1-6,9,11,17H,7-8,10,12-13H2. The van der Waals surface area contributed by atoms with Crippen molar-refractivity contribution in [3.8, 4) is 0 Å². The van der Waals surface area contributed by atoms with Gasteiger partial charge in [0, 0.05) is 32.0 Å². The largest absolute Gasteiger partial charge is 0.416 e. The van der Waals surface area contributed by atoms with E-state index in [2.05, 4.69) is 9.88 Å². The molecule has 0 spiro atoms. The summed E-state index contributed by atoms with van der Waals surface area (Å²) < 4.78 is 44.2. The van der Waals surface area contributed by atoms with Gasteiger partial charge in [0.05, 0.1) is 18.3 Å². The van der Waals surface area contributed by atoms with Gasteiger partial charge in [0.15, 0.2) is 0 Å². The molecule has 1 saturated heterocycles. The fraction of sp³-hybridized carbons (Fsp3) is 0.389. The van der Waals surface area contributed by atoms with E-state index in [1.165, 1.54) is 12.1 Å². The van der Waals surface area contributed by atoms with Crippen molar-refractivity contribution < 1.29 is 17.9 Å². The first kappa shape index (κ1) is 16.9. The zero-order valence-electron chi connectivity index (χ0n) is 13.2. The predicted molar refractivity (Wildman–Crippen MR) is 84.4 cm³/mol. The van der Waals surface area contributed by atoms with Crippen molar-refractivity contribution in [1.82, 2.24) is 9.88 Å². The van der Waals surface area contributed by atoms with Crippen LogP contribution in [-0.4, -0.2) is 35.7 Å². The number of ether oxygens (including phenoxy) is 1. The van der Waals surface area contributed by atoms with Gasteiger partial charge in [0.2, 0.25) is 0 Å². The number of benzene rings is 1. The quantitative estimate of drug-likeness (QED) is 0.854. The monoisotopic (exact) mass is 336 g/mol. The summed E-state index contributed by atoms with van der Waals surface area (Å²) >= 11 is 0. The Bertz CT molecular complexity index is 661. The fourth-order valence-electron chi connectivity index (χ4n) is 2.93. The molecule has 6 heteroatoms. The third kappa shape index (κ3) is 4.55. The van der Waals surface area contributed by atoms with Crippen LogP contribution >= 0.6 is 0 Å². The summed E-state index contributed by atoms with van der Waals surface area (Å²) in [7, 11) is 0. The molecule has 0 bridgehead atoms. The zero-order chi connectivity index (χ0) is 17.0. The number of rotatable bonds is 4. The molecule has 3 rings (SSSR count). The minimum absolute atomic E-state index is 0.0982. The highest BCUT2D eigenvalue weighted by molar-refractivity contribution is 5.26. The lowest BCUT2D eigenvalue weighted by Crippen LogP contribution is -2.42. The molecule has 0 N–H and O–H groups in total. The molecule has 1 aliphatic rings. The Morgan fingerprint density at radius 1 is 1.17 bits per heavy atom. The van der Waals surface area contributed by atoms with Crippen LogP contribution in [0.5, 0.6) is 0 Å². The molecule has 0 saturated carbocycles. The molecule has 24 heavy (non-hydrogen) atoms. The SMILES string of the molecule is FC(F)(F)c1cccc(CC2CN(Cc3cccnc3)CCO2)c1. The predicted octanol–water partition coefficient (Wildman–Crippen LogP) is 3.54. The summed E-state index contributed by atoms with van der Waals surface area (Å²) in [6, 6.07) is 9.40. The number of halogens is 3. The molecule has 1 fully saturated rings. The van der Waals surface area contributed by atoms with Gasteiger partial charge in [0.1, 0.15) is 0 Å². The van der Waals surface area contributed by atoms with Crippen molar-refractivity contribution in [3.63, 3.8) is 0 Å². The van der Waals surface area contributed by atoms with Gasteiger partial charge in [-0.05, 0) is 29.7 Å². The van der Waals surface area contributed by atoms with Crippen LogP contribution in [0.3, 0.4) is 0 Å². The molecule has 0 aliphatic carbocycles. The first-order valence-corrected chi connectivity index (χ1v) is 7.90. The van der Waals surface area contributed by atoms with E-state index in [0.717, 1.165) is 24.7 Å². The Hall–Kier alpha value is -1.92. The smallest absolute Gasteiger partial charge is 0.375 e. The molecule has 3 nitrogen and oxygen atoms in total. The van der Waals surface area contributed by atoms with Crippen molar-refractivity contribution >= 4 is 0 Å². The minimum atomic E-state index is -4.31. The Labute approximate surface area is 139 Å². The van der Waals surface area contributed by atoms with Gasteiger partial charge in [0.25, 0.3) is 0 Å². The van der Waals surface area contributed by atoms with Crippen LogP contribution in [0.2, 0.25) is 0 Å². The Kier molecular flexibility index (Phi) is 5.16. The van der Waals surface area contributed by atoms with Crippen molar-refractivity contribution in [1.29, 1.82) is 0 Å². The molecule has 2 aromatic rings. The van der Waals surface area contributed by atoms with Crippen LogP contribution in [0.4, 0.5) is 13.2 Å². The highest BCUT2D eigenvalue weighted by Crippen LogP contribution is 2.30. The van der Waals surface area contributed by atoms with Gasteiger partial charge in [-0.1, -0.05) is 24.3 Å². The molecular weight excluding hydrogens is 317 g/mol. The molecule has 1 aromatic heterocycles. The maximum absolute atomic E-state index is 12.8. The number of hydrogen-bond acceptors (Lipinski definition) is 3. The number of nitrogens with zero attached hydrogens (tertiary/aromatic N) is 2. The minimum Gasteiger partial charge on any atom is -0.375 e. The average molecular weight is 336 g/mol. The van der Waals surface area contributed by atoms with E-state index in [9.17, 15) is 13.2 Å². The Morgan fingerprint density at radius 3 is 2.75 bits per heavy atom. The maximum Gasteiger partial charge on any atom is 0.416 e. The van der Waals surface area contributed by atoms with E-state index >= 15 is 0 Å². The van der Waals surface area contributed by atoms with Crippen molar-refractivity contribution in [2.75, 3.05) is 19.7 Å². The second-order valence-electron chi connectivity index (χ2n) is 5.99. The molecule has 1 atom stereocenters. The normalized spacial score (nSPS) is 19.4. The van der Waals surface area contributed by atoms with Gasteiger partial charge >= 0.3 is 6.18 Å². The molecule has 1 unspecified atom stereocenters. The summed E-state index contributed by atoms with van der Waals surface area (Å²) in [6.45, 7) is 2.87. The van der Waals surface area contributed by atoms with Gasteiger partial charge in [-0.25, -0.2) is 0 Å². The number of morpholine rings is 1. The zero-order valence-corrected chi connectivity index (χ0v) is 13.2. The number of hydrogen-bond donors (Lipinski definition) is 0. The van der Waals surface area contributed by atoms with Crippen molar-refractivity contribution in [2.24, 2.45) is 0 Å². The second kappa shape index (κ2) is 7.32. The van der Waals surface area contributed by atoms with Crippen LogP contribution in [0.15, 0.2) is 48.8 Å². The maximum atomic E-state index is 12.8. The summed E-state index contributed by atoms with van der Waals surface area (Å²) in [5.41, 5.74) is 1.17. The lowest BCUT2D eigenvalue weighted by atomic mass is 10.0. The third-order valence-electron chi connectivity index (χ3n) is 4.07. The third-order valence-corrected chi connectivity index (χ3v) is 4.07. The number of aromatic nitrogens is 1. The molecule has 1 aliphatic heterocycles. The van der Waals surface area contributed by atoms with Gasteiger partial charge < -0.3 is 4.74 Å². The first-order valence-electron chi connectivity index (χ1n) is 7.90. The lowest BCUT2D eigenvalue weighted by molar-refractivity contribution is -0.137. The molecule has 1 aromatic carbocycles. The first-order chi connectivity index (χ1) is 11.5. The topological polar surface area (TPSA) is 25.4 Å². The summed E-state index contributed by atoms with van der Waals surface area (Å²) in [5.74, 6) is 0. The Balaban J connectivity index is 1.61. The summed E-state index contributed by atoms with van der Waals surface area (Å²) in [5, 5.41) is 0. The van der Waals surface area contributed by atoms with Crippen LogP contribution < -0.4 is 0 Å². The number of pyridine rings is 1. The molecule has 0 amide bonds. The molecular formula is C18H19F3N2O. The van der Waals surface area contributed by atoms with E-state index in [4.69, 9.17) is 4.74 Å². The van der Waals surface area contributed by atoms with E-state index in [0.29, 0.717) is 25.1 Å². The van der Waals surface area contributed by atoms with Crippen LogP contribution in [0, 0.1) is 0 Å². The summed E-state index contributed by atoms with van der Waals surface area (Å²) in [6.07, 6.45) is -0.362. The van der Waals surface area contributed by atoms with Crippen molar-refractivity contribution in [2.45, 2.75) is 25.2 Å². The van der Waals surface area contributed by atoms with Gasteiger partial charge in [-0.2, -0.15) is 13.2 Å². The average Bonchev–Trinajstić information content (AvgIpc) is 2.56. The van der Waals surface area contributed by atoms with Crippen LogP contribution in [0.25, 0.3) is 0 Å². The highest BCUT2D eigenvalue weighted by Gasteiger charge is 2.30. The lowest BCUT2D eigenvalue weighted by Gasteiger charge is -2.33.